The summed E-state index contributed by atoms with van der Waals surface area (Å²) in [6, 6.07) is 5.74. The summed E-state index contributed by atoms with van der Waals surface area (Å²) in [6.45, 7) is 0. The highest BCUT2D eigenvalue weighted by atomic mass is 16.5. The minimum atomic E-state index is -1.20. The van der Waals surface area contributed by atoms with E-state index in [-0.39, 0.29) is 19.3 Å². The molecule has 0 bridgehead atoms. The van der Waals surface area contributed by atoms with Crippen molar-refractivity contribution >= 4 is 17.8 Å². The van der Waals surface area contributed by atoms with Gasteiger partial charge in [0.1, 0.15) is 11.8 Å². The summed E-state index contributed by atoms with van der Waals surface area (Å²) >= 11 is 0. The fraction of sp³-hybridized carbons (Fsp3) is 0.357. The third-order valence-corrected chi connectivity index (χ3v) is 2.84. The molecule has 0 saturated carbocycles. The number of hydrogen-bond donors (Lipinski definition) is 3. The molecule has 1 rings (SSSR count). The van der Waals surface area contributed by atoms with Gasteiger partial charge in [0.05, 0.1) is 13.5 Å². The second kappa shape index (κ2) is 7.88. The van der Waals surface area contributed by atoms with Crippen molar-refractivity contribution in [3.8, 4) is 5.75 Å². The van der Waals surface area contributed by atoms with Crippen molar-refractivity contribution < 1.29 is 24.2 Å². The van der Waals surface area contributed by atoms with Crippen LogP contribution in [0.2, 0.25) is 0 Å². The van der Waals surface area contributed by atoms with Crippen LogP contribution in [-0.2, 0) is 20.8 Å². The van der Waals surface area contributed by atoms with Gasteiger partial charge in [0.25, 0.3) is 0 Å². The van der Waals surface area contributed by atoms with Crippen molar-refractivity contribution in [3.05, 3.63) is 29.8 Å². The van der Waals surface area contributed by atoms with Crippen molar-refractivity contribution in [3.63, 3.8) is 0 Å². The molecule has 2 amide bonds. The maximum atomic E-state index is 11.8. The minimum Gasteiger partial charge on any atom is -0.497 e. The molecule has 21 heavy (non-hydrogen) atoms. The highest BCUT2D eigenvalue weighted by molar-refractivity contribution is 5.85. The number of nitrogens with two attached hydrogens (primary N) is 1. The van der Waals surface area contributed by atoms with Gasteiger partial charge in [-0.1, -0.05) is 12.1 Å². The van der Waals surface area contributed by atoms with E-state index in [2.05, 4.69) is 5.32 Å². The number of benzene rings is 1. The lowest BCUT2D eigenvalue weighted by molar-refractivity contribution is -0.142. The number of carbonyl (C=O) groups is 3. The lowest BCUT2D eigenvalue weighted by atomic mass is 10.1. The van der Waals surface area contributed by atoms with Crippen LogP contribution in [0.15, 0.2) is 24.3 Å². The first kappa shape index (κ1) is 16.5. The first-order valence-corrected chi connectivity index (χ1v) is 6.35. The Balaban J connectivity index is 2.56. The summed E-state index contributed by atoms with van der Waals surface area (Å²) in [5.41, 5.74) is 5.70. The molecule has 0 aliphatic heterocycles. The Kier molecular flexibility index (Phi) is 6.19. The minimum absolute atomic E-state index is 0.0288. The van der Waals surface area contributed by atoms with Gasteiger partial charge in [0.2, 0.25) is 11.8 Å². The number of carboxylic acids is 1. The van der Waals surface area contributed by atoms with E-state index >= 15 is 0 Å². The summed E-state index contributed by atoms with van der Waals surface area (Å²) < 4.78 is 5.00. The molecule has 0 saturated heterocycles. The van der Waals surface area contributed by atoms with E-state index in [9.17, 15) is 14.4 Å². The first-order chi connectivity index (χ1) is 9.92. The van der Waals surface area contributed by atoms with Crippen molar-refractivity contribution in [1.29, 1.82) is 0 Å². The fourth-order valence-electron chi connectivity index (χ4n) is 1.72. The van der Waals surface area contributed by atoms with Crippen LogP contribution in [0.1, 0.15) is 18.4 Å². The molecule has 7 nitrogen and oxygen atoms in total. The molecule has 0 heterocycles. The molecule has 1 aromatic rings. The van der Waals surface area contributed by atoms with Gasteiger partial charge in [-0.05, 0) is 24.1 Å². The third kappa shape index (κ3) is 5.94. The van der Waals surface area contributed by atoms with Crippen LogP contribution in [0, 0.1) is 0 Å². The van der Waals surface area contributed by atoms with Crippen LogP contribution in [0.3, 0.4) is 0 Å². The summed E-state index contributed by atoms with van der Waals surface area (Å²) in [6.07, 6.45) is -0.0802. The van der Waals surface area contributed by atoms with Gasteiger partial charge < -0.3 is 20.9 Å². The van der Waals surface area contributed by atoms with Gasteiger partial charge >= 0.3 is 5.97 Å². The van der Waals surface area contributed by atoms with Crippen LogP contribution in [0.4, 0.5) is 0 Å². The average molecular weight is 294 g/mol. The van der Waals surface area contributed by atoms with Gasteiger partial charge in [-0.15, -0.1) is 0 Å². The van der Waals surface area contributed by atoms with Gasteiger partial charge in [-0.2, -0.15) is 0 Å². The summed E-state index contributed by atoms with van der Waals surface area (Å²) in [7, 11) is 1.54. The number of ether oxygens (including phenoxy) is 1. The molecular weight excluding hydrogens is 276 g/mol. The maximum Gasteiger partial charge on any atom is 0.326 e. The molecule has 1 aromatic carbocycles. The van der Waals surface area contributed by atoms with Crippen LogP contribution >= 0.6 is 0 Å². The summed E-state index contributed by atoms with van der Waals surface area (Å²) in [5.74, 6) is -1.56. The van der Waals surface area contributed by atoms with Crippen LogP contribution in [0.5, 0.6) is 5.75 Å². The molecule has 4 N–H and O–H groups in total. The number of rotatable bonds is 8. The van der Waals surface area contributed by atoms with Gasteiger partial charge in [-0.25, -0.2) is 4.79 Å². The molecule has 0 aliphatic rings. The number of methoxy groups -OCH3 is 1. The number of hydrogen-bond acceptors (Lipinski definition) is 4. The molecule has 1 atom stereocenters. The summed E-state index contributed by atoms with van der Waals surface area (Å²) in [5, 5.41) is 11.4. The van der Waals surface area contributed by atoms with Crippen LogP contribution < -0.4 is 15.8 Å². The molecule has 7 heteroatoms. The predicted octanol–water partition coefficient (Wildman–Crippen LogP) is 0.0726. The van der Waals surface area contributed by atoms with E-state index < -0.39 is 23.8 Å². The highest BCUT2D eigenvalue weighted by Gasteiger charge is 2.20. The number of carbonyl (C=O) groups excluding carboxylic acids is 2. The van der Waals surface area contributed by atoms with Gasteiger partial charge in [0, 0.05) is 6.42 Å². The monoisotopic (exact) mass is 294 g/mol. The lowest BCUT2D eigenvalue weighted by Crippen LogP contribution is -2.42. The molecule has 0 radical (unpaired) electrons. The first-order valence-electron chi connectivity index (χ1n) is 6.35. The van der Waals surface area contributed by atoms with E-state index in [1.807, 2.05) is 0 Å². The molecule has 0 aromatic heterocycles. The smallest absolute Gasteiger partial charge is 0.326 e. The maximum absolute atomic E-state index is 11.8. The van der Waals surface area contributed by atoms with Crippen molar-refractivity contribution in [1.82, 2.24) is 5.32 Å². The van der Waals surface area contributed by atoms with E-state index in [4.69, 9.17) is 15.6 Å². The van der Waals surface area contributed by atoms with Crippen LogP contribution in [0.25, 0.3) is 0 Å². The second-order valence-electron chi connectivity index (χ2n) is 4.49. The van der Waals surface area contributed by atoms with Gasteiger partial charge in [-0.3, -0.25) is 9.59 Å². The Bertz CT molecular complexity index is 513. The number of aliphatic carboxylic acids is 1. The average Bonchev–Trinajstić information content (AvgIpc) is 2.43. The fourth-order valence-corrected chi connectivity index (χ4v) is 1.72. The van der Waals surface area contributed by atoms with E-state index in [1.165, 1.54) is 7.11 Å². The number of carboxylic acid groups (broad SMARTS) is 1. The highest BCUT2D eigenvalue weighted by Crippen LogP contribution is 2.11. The molecule has 0 unspecified atom stereocenters. The number of nitrogens with one attached hydrogen (secondary N) is 1. The molecule has 0 spiro atoms. The predicted molar refractivity (Wildman–Crippen MR) is 74.7 cm³/mol. The number of amides is 2. The quantitative estimate of drug-likeness (QED) is 0.627. The standard InChI is InChI=1S/C14H18N2O5/c1-21-10-4-2-9(3-5-10)8-13(18)16-11(14(19)20)6-7-12(15)17/h2-5,11H,6-8H2,1H3,(H2,15,17)(H,16,18)(H,19,20)/t11-/m0/s1. The Morgan fingerprint density at radius 3 is 2.38 bits per heavy atom. The van der Waals surface area contributed by atoms with Crippen molar-refractivity contribution in [2.75, 3.05) is 7.11 Å². The second-order valence-corrected chi connectivity index (χ2v) is 4.49. The summed E-state index contributed by atoms with van der Waals surface area (Å²) in [4.78, 5) is 33.5. The number of primary amides is 1. The van der Waals surface area contributed by atoms with Crippen molar-refractivity contribution in [2.24, 2.45) is 5.73 Å². The molecule has 0 fully saturated rings. The Labute approximate surface area is 122 Å². The third-order valence-electron chi connectivity index (χ3n) is 2.84. The van der Waals surface area contributed by atoms with Gasteiger partial charge in [0.15, 0.2) is 0 Å². The molecular formula is C14H18N2O5. The van der Waals surface area contributed by atoms with E-state index in [0.29, 0.717) is 5.75 Å². The zero-order valence-corrected chi connectivity index (χ0v) is 11.7. The zero-order valence-electron chi connectivity index (χ0n) is 11.7. The Hall–Kier alpha value is -2.57. The molecule has 0 aliphatic carbocycles. The normalized spacial score (nSPS) is 11.5. The van der Waals surface area contributed by atoms with E-state index in [1.54, 1.807) is 24.3 Å². The lowest BCUT2D eigenvalue weighted by Gasteiger charge is -2.13. The molecule has 114 valence electrons. The SMILES string of the molecule is COc1ccc(CC(=O)N[C@@H](CCC(N)=O)C(=O)O)cc1. The zero-order chi connectivity index (χ0) is 15.8. The topological polar surface area (TPSA) is 119 Å². The van der Waals surface area contributed by atoms with Crippen LogP contribution in [-0.4, -0.2) is 36.0 Å². The Morgan fingerprint density at radius 2 is 1.90 bits per heavy atom. The van der Waals surface area contributed by atoms with Crippen molar-refractivity contribution in [2.45, 2.75) is 25.3 Å². The Morgan fingerprint density at radius 1 is 1.29 bits per heavy atom. The van der Waals surface area contributed by atoms with E-state index in [0.717, 1.165) is 5.56 Å². The largest absolute Gasteiger partial charge is 0.497 e.